The van der Waals surface area contributed by atoms with Crippen LogP contribution in [-0.2, 0) is 11.2 Å². The molecule has 0 saturated heterocycles. The second-order valence-electron chi connectivity index (χ2n) is 9.72. The van der Waals surface area contributed by atoms with Gasteiger partial charge in [-0.15, -0.1) is 0 Å². The molecule has 0 aliphatic heterocycles. The number of alkyl carbamates (subject to hydrolysis) is 1. The van der Waals surface area contributed by atoms with Gasteiger partial charge >= 0.3 is 6.09 Å². The van der Waals surface area contributed by atoms with Crippen molar-refractivity contribution >= 4 is 6.09 Å². The second kappa shape index (κ2) is 10.4. The van der Waals surface area contributed by atoms with Crippen molar-refractivity contribution in [3.05, 3.63) is 95.6 Å². The third-order valence-electron chi connectivity index (χ3n) is 7.42. The minimum atomic E-state index is -0.340. The zero-order valence-corrected chi connectivity index (χ0v) is 19.5. The SMILES string of the molecule is O=C(N[C@H](CCCc1ccccc1)C[C@@H]1C[C@@H]1CO)OCC1c2ccccc2-c2ccccc21. The van der Waals surface area contributed by atoms with E-state index < -0.39 is 0 Å². The van der Waals surface area contributed by atoms with Gasteiger partial charge in [0.15, 0.2) is 0 Å². The second-order valence-corrected chi connectivity index (χ2v) is 9.72. The lowest BCUT2D eigenvalue weighted by molar-refractivity contribution is 0.137. The first-order chi connectivity index (χ1) is 16.7. The summed E-state index contributed by atoms with van der Waals surface area (Å²) in [5, 5.41) is 12.6. The highest BCUT2D eigenvalue weighted by atomic mass is 16.5. The molecule has 0 unspecified atom stereocenters. The molecule has 0 spiro atoms. The Morgan fingerprint density at radius 3 is 2.21 bits per heavy atom. The van der Waals surface area contributed by atoms with Crippen LogP contribution in [0, 0.1) is 11.8 Å². The Hall–Kier alpha value is -3.11. The van der Waals surface area contributed by atoms with Crippen LogP contribution in [-0.4, -0.2) is 30.5 Å². The lowest BCUT2D eigenvalue weighted by Gasteiger charge is -2.20. The molecule has 1 fully saturated rings. The van der Waals surface area contributed by atoms with Gasteiger partial charge in [0.05, 0.1) is 0 Å². The summed E-state index contributed by atoms with van der Waals surface area (Å²) in [6.07, 6.45) is 4.54. The van der Waals surface area contributed by atoms with Gasteiger partial charge in [-0.3, -0.25) is 0 Å². The third kappa shape index (κ3) is 5.18. The van der Waals surface area contributed by atoms with Crippen molar-refractivity contribution in [1.29, 1.82) is 0 Å². The molecule has 0 aromatic heterocycles. The molecule has 2 aliphatic carbocycles. The van der Waals surface area contributed by atoms with E-state index in [0.29, 0.717) is 18.4 Å². The molecule has 34 heavy (non-hydrogen) atoms. The van der Waals surface area contributed by atoms with Gasteiger partial charge in [-0.2, -0.15) is 0 Å². The number of benzene rings is 3. The van der Waals surface area contributed by atoms with Crippen molar-refractivity contribution < 1.29 is 14.6 Å². The molecule has 2 aliphatic rings. The standard InChI is InChI=1S/C30H33NO3/c32-19-23-17-22(23)18-24(12-8-11-21-9-2-1-3-10-21)31-30(33)34-20-29-27-15-6-4-13-25(27)26-14-5-7-16-28(26)29/h1-7,9-10,13-16,22-24,29,32H,8,11-12,17-20H2,(H,31,33)/t22-,23+,24+/m0/s1. The highest BCUT2D eigenvalue weighted by Gasteiger charge is 2.38. The van der Waals surface area contributed by atoms with Crippen molar-refractivity contribution in [2.45, 2.75) is 44.1 Å². The fraction of sp³-hybridized carbons (Fsp3) is 0.367. The topological polar surface area (TPSA) is 58.6 Å². The summed E-state index contributed by atoms with van der Waals surface area (Å²) in [5.74, 6) is 0.957. The number of ether oxygens (including phenoxy) is 1. The van der Waals surface area contributed by atoms with Crippen molar-refractivity contribution in [2.24, 2.45) is 11.8 Å². The van der Waals surface area contributed by atoms with Crippen LogP contribution in [0.3, 0.4) is 0 Å². The molecule has 176 valence electrons. The Bertz CT molecular complexity index is 1070. The zero-order chi connectivity index (χ0) is 23.3. The Kier molecular flexibility index (Phi) is 6.96. The molecule has 2 N–H and O–H groups in total. The lowest BCUT2D eigenvalue weighted by atomic mass is 9.98. The van der Waals surface area contributed by atoms with Crippen molar-refractivity contribution in [3.8, 4) is 11.1 Å². The average molecular weight is 456 g/mol. The van der Waals surface area contributed by atoms with Crippen LogP contribution in [0.25, 0.3) is 11.1 Å². The molecule has 4 nitrogen and oxygen atoms in total. The number of nitrogens with one attached hydrogen (secondary N) is 1. The summed E-state index contributed by atoms with van der Waals surface area (Å²) < 4.78 is 5.79. The van der Waals surface area contributed by atoms with Crippen LogP contribution in [0.5, 0.6) is 0 Å². The minimum absolute atomic E-state index is 0.0666. The number of hydrogen-bond donors (Lipinski definition) is 2. The van der Waals surface area contributed by atoms with E-state index in [-0.39, 0.29) is 24.7 Å². The summed E-state index contributed by atoms with van der Waals surface area (Å²) in [5.41, 5.74) is 6.23. The van der Waals surface area contributed by atoms with E-state index in [4.69, 9.17) is 4.74 Å². The molecule has 1 amide bonds. The molecule has 3 atom stereocenters. The molecular weight excluding hydrogens is 422 g/mol. The number of aryl methyl sites for hydroxylation is 1. The Morgan fingerprint density at radius 2 is 1.56 bits per heavy atom. The largest absolute Gasteiger partial charge is 0.449 e. The van der Waals surface area contributed by atoms with Crippen molar-refractivity contribution in [3.63, 3.8) is 0 Å². The summed E-state index contributed by atoms with van der Waals surface area (Å²) in [7, 11) is 0. The maximum Gasteiger partial charge on any atom is 0.407 e. The van der Waals surface area contributed by atoms with Crippen molar-refractivity contribution in [2.75, 3.05) is 13.2 Å². The van der Waals surface area contributed by atoms with Gasteiger partial charge in [0, 0.05) is 18.6 Å². The number of rotatable bonds is 10. The molecule has 0 heterocycles. The number of hydrogen-bond acceptors (Lipinski definition) is 3. The van der Waals surface area contributed by atoms with Gasteiger partial charge < -0.3 is 15.2 Å². The molecule has 4 heteroatoms. The minimum Gasteiger partial charge on any atom is -0.449 e. The van der Waals surface area contributed by atoms with Gasteiger partial charge in [-0.25, -0.2) is 4.79 Å². The average Bonchev–Trinajstić information content (AvgIpc) is 3.55. The molecule has 5 rings (SSSR count). The van der Waals surface area contributed by atoms with E-state index in [1.165, 1.54) is 27.8 Å². The van der Waals surface area contributed by atoms with E-state index in [0.717, 1.165) is 32.1 Å². The molecule has 3 aromatic rings. The zero-order valence-electron chi connectivity index (χ0n) is 19.5. The van der Waals surface area contributed by atoms with Gasteiger partial charge in [0.1, 0.15) is 6.61 Å². The van der Waals surface area contributed by atoms with E-state index in [9.17, 15) is 9.90 Å². The summed E-state index contributed by atoms with van der Waals surface area (Å²) >= 11 is 0. The maximum absolute atomic E-state index is 12.8. The lowest BCUT2D eigenvalue weighted by Crippen LogP contribution is -2.36. The van der Waals surface area contributed by atoms with Crippen LogP contribution in [0.2, 0.25) is 0 Å². The highest BCUT2D eigenvalue weighted by molar-refractivity contribution is 5.79. The van der Waals surface area contributed by atoms with Crippen LogP contribution in [0.15, 0.2) is 78.9 Å². The van der Waals surface area contributed by atoms with Gasteiger partial charge in [0.2, 0.25) is 0 Å². The predicted octanol–water partition coefficient (Wildman–Crippen LogP) is 5.94. The normalized spacial score (nSPS) is 19.2. The number of carbonyl (C=O) groups excluding carboxylic acids is 1. The smallest absolute Gasteiger partial charge is 0.407 e. The number of amides is 1. The fourth-order valence-electron chi connectivity index (χ4n) is 5.44. The van der Waals surface area contributed by atoms with E-state index in [2.05, 4.69) is 66.0 Å². The quantitative estimate of drug-likeness (QED) is 0.398. The Morgan fingerprint density at radius 1 is 0.912 bits per heavy atom. The first-order valence-corrected chi connectivity index (χ1v) is 12.5. The molecular formula is C30H33NO3. The van der Waals surface area contributed by atoms with E-state index >= 15 is 0 Å². The Labute approximate surface area is 202 Å². The summed E-state index contributed by atoms with van der Waals surface area (Å²) in [6.45, 7) is 0.575. The van der Waals surface area contributed by atoms with Crippen LogP contribution in [0.4, 0.5) is 4.79 Å². The number of fused-ring (bicyclic) bond motifs is 3. The molecule has 0 radical (unpaired) electrons. The van der Waals surface area contributed by atoms with Crippen LogP contribution in [0.1, 0.15) is 48.3 Å². The summed E-state index contributed by atoms with van der Waals surface area (Å²) in [4.78, 5) is 12.8. The van der Waals surface area contributed by atoms with Crippen LogP contribution < -0.4 is 5.32 Å². The van der Waals surface area contributed by atoms with Gasteiger partial charge in [0.25, 0.3) is 0 Å². The van der Waals surface area contributed by atoms with Gasteiger partial charge in [-0.1, -0.05) is 78.9 Å². The molecule has 3 aromatic carbocycles. The Balaban J connectivity index is 1.18. The fourth-order valence-corrected chi connectivity index (χ4v) is 5.44. The van der Waals surface area contributed by atoms with Crippen LogP contribution >= 0.6 is 0 Å². The highest BCUT2D eigenvalue weighted by Crippen LogP contribution is 2.44. The molecule has 1 saturated carbocycles. The maximum atomic E-state index is 12.8. The first kappa shape index (κ1) is 22.7. The number of aliphatic hydroxyl groups is 1. The van der Waals surface area contributed by atoms with E-state index in [1.807, 2.05) is 18.2 Å². The van der Waals surface area contributed by atoms with Gasteiger partial charge in [-0.05, 0) is 71.8 Å². The first-order valence-electron chi connectivity index (χ1n) is 12.5. The van der Waals surface area contributed by atoms with Crippen molar-refractivity contribution in [1.82, 2.24) is 5.32 Å². The third-order valence-corrected chi connectivity index (χ3v) is 7.42. The summed E-state index contributed by atoms with van der Waals surface area (Å²) in [6, 6.07) is 27.3. The molecule has 0 bridgehead atoms. The predicted molar refractivity (Wildman–Crippen MR) is 135 cm³/mol. The van der Waals surface area contributed by atoms with E-state index in [1.54, 1.807) is 0 Å². The number of aliphatic hydroxyl groups excluding tert-OH is 1. The monoisotopic (exact) mass is 455 g/mol. The number of carbonyl (C=O) groups is 1.